The summed E-state index contributed by atoms with van der Waals surface area (Å²) in [5.74, 6) is 0. The molecule has 0 unspecified atom stereocenters. The lowest BCUT2D eigenvalue weighted by Crippen LogP contribution is -2.35. The topological polar surface area (TPSA) is 41.0 Å². The second-order valence-electron chi connectivity index (χ2n) is 4.21. The summed E-state index contributed by atoms with van der Waals surface area (Å²) in [5.41, 5.74) is 0.601. The summed E-state index contributed by atoms with van der Waals surface area (Å²) in [4.78, 5) is 14.0. The van der Waals surface area contributed by atoms with Gasteiger partial charge in [0.15, 0.2) is 0 Å². The predicted octanol–water partition coefficient (Wildman–Crippen LogP) is 0.529. The van der Waals surface area contributed by atoms with Gasteiger partial charge in [0.25, 0.3) is 5.56 Å². The van der Waals surface area contributed by atoms with Gasteiger partial charge < -0.3 is 4.90 Å². The van der Waals surface area contributed by atoms with Gasteiger partial charge in [-0.3, -0.25) is 9.89 Å². The maximum Gasteiger partial charge on any atom is 0.280 e. The van der Waals surface area contributed by atoms with Crippen molar-refractivity contribution in [1.82, 2.24) is 14.7 Å². The van der Waals surface area contributed by atoms with E-state index in [1.165, 1.54) is 4.68 Å². The van der Waals surface area contributed by atoms with Gasteiger partial charge in [0, 0.05) is 25.3 Å². The number of aromatic amines is 1. The fourth-order valence-corrected chi connectivity index (χ4v) is 1.78. The van der Waals surface area contributed by atoms with Crippen LogP contribution in [0.25, 0.3) is 18.5 Å². The van der Waals surface area contributed by atoms with Gasteiger partial charge in [-0.05, 0) is 24.3 Å². The van der Waals surface area contributed by atoms with E-state index in [-0.39, 0.29) is 5.56 Å². The molecule has 0 saturated carbocycles. The average molecular weight is 264 g/mol. The van der Waals surface area contributed by atoms with Gasteiger partial charge in [0.05, 0.1) is 16.3 Å². The Labute approximate surface area is 109 Å². The minimum atomic E-state index is -0.129. The molecule has 0 aliphatic rings. The molecular formula is C13H14ClN3O. The Kier molecular flexibility index (Phi) is 3.30. The van der Waals surface area contributed by atoms with Crippen LogP contribution in [0, 0.1) is 0 Å². The van der Waals surface area contributed by atoms with Gasteiger partial charge in [-0.15, -0.1) is 0 Å². The maximum absolute atomic E-state index is 12.2. The van der Waals surface area contributed by atoms with Gasteiger partial charge in [-0.2, -0.15) is 0 Å². The molecule has 0 amide bonds. The molecule has 0 saturated heterocycles. The number of nitrogens with one attached hydrogen (secondary N) is 1. The summed E-state index contributed by atoms with van der Waals surface area (Å²) in [7, 11) is 3.72. The SMILES string of the molecule is C=c1[nH]n(-c2ccc(Cl)cc2)c(=O)c1=CN(C)C. The summed E-state index contributed by atoms with van der Waals surface area (Å²) in [6.45, 7) is 3.84. The fourth-order valence-electron chi connectivity index (χ4n) is 1.66. The van der Waals surface area contributed by atoms with Crippen molar-refractivity contribution in [3.8, 4) is 5.69 Å². The van der Waals surface area contributed by atoms with E-state index >= 15 is 0 Å². The van der Waals surface area contributed by atoms with Crippen LogP contribution in [-0.2, 0) is 0 Å². The van der Waals surface area contributed by atoms with Gasteiger partial charge in [-0.1, -0.05) is 18.2 Å². The molecule has 4 nitrogen and oxygen atoms in total. The first-order chi connectivity index (χ1) is 8.49. The Morgan fingerprint density at radius 3 is 2.50 bits per heavy atom. The van der Waals surface area contributed by atoms with Crippen LogP contribution in [0.3, 0.4) is 0 Å². The molecular weight excluding hydrogens is 250 g/mol. The fraction of sp³-hybridized carbons (Fsp3) is 0.154. The highest BCUT2D eigenvalue weighted by Gasteiger charge is 2.04. The molecule has 1 heterocycles. The molecule has 94 valence electrons. The Bertz CT molecular complexity index is 710. The zero-order valence-electron chi connectivity index (χ0n) is 10.3. The van der Waals surface area contributed by atoms with E-state index in [0.29, 0.717) is 15.6 Å². The molecule has 0 fully saturated rings. The predicted molar refractivity (Wildman–Crippen MR) is 74.3 cm³/mol. The lowest BCUT2D eigenvalue weighted by atomic mass is 10.3. The molecule has 1 N–H and O–H groups in total. The minimum absolute atomic E-state index is 0.129. The van der Waals surface area contributed by atoms with Crippen LogP contribution in [0.4, 0.5) is 0 Å². The van der Waals surface area contributed by atoms with Gasteiger partial charge in [0.2, 0.25) is 0 Å². The zero-order valence-corrected chi connectivity index (χ0v) is 11.0. The van der Waals surface area contributed by atoms with E-state index < -0.39 is 0 Å². The second-order valence-corrected chi connectivity index (χ2v) is 4.65. The van der Waals surface area contributed by atoms with Crippen molar-refractivity contribution >= 4 is 24.4 Å². The molecule has 0 spiro atoms. The number of benzene rings is 1. The van der Waals surface area contributed by atoms with Crippen molar-refractivity contribution in [2.24, 2.45) is 0 Å². The van der Waals surface area contributed by atoms with Crippen molar-refractivity contribution in [2.75, 3.05) is 14.1 Å². The van der Waals surface area contributed by atoms with Crippen molar-refractivity contribution in [3.63, 3.8) is 0 Å². The molecule has 2 aromatic rings. The second kappa shape index (κ2) is 4.74. The largest absolute Gasteiger partial charge is 0.383 e. The Balaban J connectivity index is 2.65. The zero-order chi connectivity index (χ0) is 13.3. The third kappa shape index (κ3) is 2.33. The molecule has 2 rings (SSSR count). The lowest BCUT2D eigenvalue weighted by Gasteiger charge is -2.01. The highest BCUT2D eigenvalue weighted by Crippen LogP contribution is 2.10. The van der Waals surface area contributed by atoms with E-state index in [0.717, 1.165) is 5.69 Å². The highest BCUT2D eigenvalue weighted by atomic mass is 35.5. The van der Waals surface area contributed by atoms with Crippen LogP contribution in [0.2, 0.25) is 5.02 Å². The first kappa shape index (κ1) is 12.5. The first-order valence-electron chi connectivity index (χ1n) is 5.43. The molecule has 0 aliphatic heterocycles. The van der Waals surface area contributed by atoms with E-state index in [1.54, 1.807) is 30.5 Å². The van der Waals surface area contributed by atoms with E-state index in [1.807, 2.05) is 19.0 Å². The van der Waals surface area contributed by atoms with Crippen molar-refractivity contribution in [2.45, 2.75) is 0 Å². The minimum Gasteiger partial charge on any atom is -0.383 e. The quantitative estimate of drug-likeness (QED) is 0.859. The number of aromatic nitrogens is 2. The van der Waals surface area contributed by atoms with Crippen LogP contribution >= 0.6 is 11.6 Å². The van der Waals surface area contributed by atoms with Crippen LogP contribution in [0.5, 0.6) is 0 Å². The monoisotopic (exact) mass is 263 g/mol. The van der Waals surface area contributed by atoms with Crippen LogP contribution in [-0.4, -0.2) is 28.8 Å². The molecule has 5 heteroatoms. The van der Waals surface area contributed by atoms with Crippen LogP contribution in [0.15, 0.2) is 29.1 Å². The van der Waals surface area contributed by atoms with Crippen LogP contribution in [0.1, 0.15) is 0 Å². The van der Waals surface area contributed by atoms with Crippen molar-refractivity contribution in [3.05, 3.63) is 50.2 Å². The van der Waals surface area contributed by atoms with Gasteiger partial charge >= 0.3 is 0 Å². The molecule has 0 aliphatic carbocycles. The van der Waals surface area contributed by atoms with E-state index in [4.69, 9.17) is 11.6 Å². The number of H-pyrrole nitrogens is 1. The molecule has 0 radical (unpaired) electrons. The summed E-state index contributed by atoms with van der Waals surface area (Å²) in [5, 5.41) is 4.72. The smallest absolute Gasteiger partial charge is 0.280 e. The van der Waals surface area contributed by atoms with Crippen molar-refractivity contribution in [1.29, 1.82) is 0 Å². The normalized spacial score (nSPS) is 11.8. The molecule has 0 atom stereocenters. The van der Waals surface area contributed by atoms with Crippen LogP contribution < -0.4 is 16.1 Å². The number of halogens is 1. The third-order valence-electron chi connectivity index (χ3n) is 2.48. The van der Waals surface area contributed by atoms with Gasteiger partial charge in [-0.25, -0.2) is 4.68 Å². The lowest BCUT2D eigenvalue weighted by molar-refractivity contribution is 0.613. The van der Waals surface area contributed by atoms with E-state index in [2.05, 4.69) is 11.7 Å². The standard InChI is InChI=1S/C13H14ClN3O/c1-9-12(8-16(2)3)13(18)17(15-9)11-6-4-10(14)5-7-11/h4-8,15H,1H2,2-3H3. The van der Waals surface area contributed by atoms with E-state index in [9.17, 15) is 4.79 Å². The molecule has 18 heavy (non-hydrogen) atoms. The Morgan fingerprint density at radius 1 is 1.33 bits per heavy atom. The average Bonchev–Trinajstić information content (AvgIpc) is 2.58. The van der Waals surface area contributed by atoms with Crippen molar-refractivity contribution < 1.29 is 0 Å². The summed E-state index contributed by atoms with van der Waals surface area (Å²) in [6.07, 6.45) is 1.74. The number of hydrogen-bond donors (Lipinski definition) is 1. The Morgan fingerprint density at radius 2 is 1.94 bits per heavy atom. The molecule has 1 aromatic heterocycles. The maximum atomic E-state index is 12.2. The third-order valence-corrected chi connectivity index (χ3v) is 2.73. The summed E-state index contributed by atoms with van der Waals surface area (Å²) < 4.78 is 1.45. The summed E-state index contributed by atoms with van der Waals surface area (Å²) >= 11 is 5.82. The molecule has 1 aromatic carbocycles. The number of hydrogen-bond acceptors (Lipinski definition) is 2. The first-order valence-corrected chi connectivity index (χ1v) is 5.81. The number of rotatable bonds is 2. The highest BCUT2D eigenvalue weighted by molar-refractivity contribution is 6.30. The summed E-state index contributed by atoms with van der Waals surface area (Å²) in [6, 6.07) is 7.03. The molecule has 0 bridgehead atoms. The Hall–Kier alpha value is -1.94. The number of nitrogens with zero attached hydrogens (tertiary/aromatic N) is 2. The van der Waals surface area contributed by atoms with Gasteiger partial charge in [0.1, 0.15) is 0 Å².